The Morgan fingerprint density at radius 1 is 1.43 bits per heavy atom. The lowest BCUT2D eigenvalue weighted by molar-refractivity contribution is -0.148. The third-order valence-electron chi connectivity index (χ3n) is 3.93. The van der Waals surface area contributed by atoms with Gasteiger partial charge in [-0.3, -0.25) is 4.79 Å². The lowest BCUT2D eigenvalue weighted by Gasteiger charge is -2.44. The van der Waals surface area contributed by atoms with Crippen molar-refractivity contribution in [1.82, 2.24) is 4.90 Å². The van der Waals surface area contributed by atoms with Crippen LogP contribution in [0.3, 0.4) is 0 Å². The molecule has 4 nitrogen and oxygen atoms in total. The minimum Gasteiger partial charge on any atom is -0.480 e. The Kier molecular flexibility index (Phi) is 4.82. The molecule has 6 heteroatoms. The molecule has 1 fully saturated rings. The first-order valence-corrected chi connectivity index (χ1v) is 8.18. The Morgan fingerprint density at radius 3 is 2.67 bits per heavy atom. The van der Waals surface area contributed by atoms with Gasteiger partial charge in [-0.2, -0.15) is 0 Å². The highest BCUT2D eigenvalue weighted by Gasteiger charge is 2.44. The summed E-state index contributed by atoms with van der Waals surface area (Å²) in [7, 11) is 0. The van der Waals surface area contributed by atoms with Gasteiger partial charge in [-0.25, -0.2) is 4.79 Å². The number of carboxylic acids is 1. The highest BCUT2D eigenvalue weighted by molar-refractivity contribution is 14.1. The number of likely N-dealkylation sites (tertiary alicyclic amines) is 1. The molecule has 0 saturated carbocycles. The van der Waals surface area contributed by atoms with Crippen LogP contribution in [0.1, 0.15) is 37.0 Å². The van der Waals surface area contributed by atoms with E-state index in [4.69, 9.17) is 11.6 Å². The van der Waals surface area contributed by atoms with Crippen molar-refractivity contribution in [2.45, 2.75) is 32.7 Å². The van der Waals surface area contributed by atoms with Crippen molar-refractivity contribution in [3.05, 3.63) is 32.4 Å². The molecule has 1 amide bonds. The number of carbonyl (C=O) groups excluding carboxylic acids is 1. The fourth-order valence-corrected chi connectivity index (χ4v) is 3.39. The van der Waals surface area contributed by atoms with Crippen LogP contribution in [0.15, 0.2) is 18.2 Å². The van der Waals surface area contributed by atoms with Gasteiger partial charge in [-0.1, -0.05) is 25.4 Å². The van der Waals surface area contributed by atoms with Crippen LogP contribution >= 0.6 is 34.2 Å². The van der Waals surface area contributed by atoms with E-state index >= 15 is 0 Å². The quantitative estimate of drug-likeness (QED) is 0.742. The Balaban J connectivity index is 2.35. The molecule has 1 aromatic rings. The minimum atomic E-state index is -0.954. The van der Waals surface area contributed by atoms with Gasteiger partial charge >= 0.3 is 5.97 Å². The van der Waals surface area contributed by atoms with E-state index in [0.29, 0.717) is 17.1 Å². The van der Waals surface area contributed by atoms with Gasteiger partial charge in [-0.15, -0.1) is 0 Å². The molecule has 1 aliphatic heterocycles. The fourth-order valence-electron chi connectivity index (χ4n) is 2.87. The van der Waals surface area contributed by atoms with E-state index in [9.17, 15) is 14.7 Å². The van der Waals surface area contributed by atoms with E-state index in [2.05, 4.69) is 22.6 Å². The van der Waals surface area contributed by atoms with Gasteiger partial charge in [0.05, 0.1) is 5.02 Å². The molecule has 1 atom stereocenters. The van der Waals surface area contributed by atoms with Crippen LogP contribution in [-0.2, 0) is 4.79 Å². The van der Waals surface area contributed by atoms with E-state index in [1.165, 1.54) is 4.90 Å². The van der Waals surface area contributed by atoms with Crippen molar-refractivity contribution in [3.63, 3.8) is 0 Å². The van der Waals surface area contributed by atoms with E-state index in [1.54, 1.807) is 18.2 Å². The Labute approximate surface area is 142 Å². The maximum absolute atomic E-state index is 12.7. The van der Waals surface area contributed by atoms with Gasteiger partial charge in [0.25, 0.3) is 5.91 Å². The lowest BCUT2D eigenvalue weighted by atomic mass is 9.76. The molecule has 0 aromatic heterocycles. The summed E-state index contributed by atoms with van der Waals surface area (Å²) in [6, 6.07) is 4.25. The molecule has 2 rings (SSSR count). The monoisotopic (exact) mass is 421 g/mol. The number of benzene rings is 1. The average molecular weight is 422 g/mol. The van der Waals surface area contributed by atoms with E-state index in [0.717, 1.165) is 16.4 Å². The summed E-state index contributed by atoms with van der Waals surface area (Å²) in [6.45, 7) is 4.25. The van der Waals surface area contributed by atoms with Crippen LogP contribution in [0.25, 0.3) is 0 Å². The number of piperidine rings is 1. The van der Waals surface area contributed by atoms with Crippen LogP contribution in [-0.4, -0.2) is 34.5 Å². The van der Waals surface area contributed by atoms with Crippen molar-refractivity contribution >= 4 is 46.1 Å². The molecule has 0 aliphatic carbocycles. The number of nitrogens with zero attached hydrogens (tertiary/aromatic N) is 1. The first-order chi connectivity index (χ1) is 9.74. The van der Waals surface area contributed by atoms with Crippen LogP contribution in [0.5, 0.6) is 0 Å². The maximum Gasteiger partial charge on any atom is 0.326 e. The molecule has 21 heavy (non-hydrogen) atoms. The molecule has 0 radical (unpaired) electrons. The minimum absolute atomic E-state index is 0.270. The second kappa shape index (κ2) is 6.12. The van der Waals surface area contributed by atoms with Gasteiger partial charge in [0.15, 0.2) is 0 Å². The Morgan fingerprint density at radius 2 is 2.10 bits per heavy atom. The van der Waals surface area contributed by atoms with Gasteiger partial charge < -0.3 is 10.0 Å². The highest BCUT2D eigenvalue weighted by Crippen LogP contribution is 2.36. The molecule has 1 aromatic carbocycles. The number of rotatable bonds is 2. The Hall–Kier alpha value is -0.820. The normalized spacial score (nSPS) is 21.1. The standard InChI is InChI=1S/C15H17ClINO3/c1-15(2)6-3-7-18(12(15)14(20)21)13(19)9-4-5-11(17)10(16)8-9/h4-5,8,12H,3,6-7H2,1-2H3,(H,20,21). The van der Waals surface area contributed by atoms with E-state index in [-0.39, 0.29) is 5.91 Å². The number of carbonyl (C=O) groups is 2. The van der Waals surface area contributed by atoms with Gasteiger partial charge in [0, 0.05) is 15.7 Å². The zero-order chi connectivity index (χ0) is 15.8. The van der Waals surface area contributed by atoms with Crippen LogP contribution in [0.4, 0.5) is 0 Å². The SMILES string of the molecule is CC1(C)CCCN(C(=O)c2ccc(I)c(Cl)c2)C1C(=O)O. The molecule has 0 spiro atoms. The van der Waals surface area contributed by atoms with E-state index in [1.807, 2.05) is 13.8 Å². The van der Waals surface area contributed by atoms with E-state index < -0.39 is 17.4 Å². The van der Waals surface area contributed by atoms with Crippen molar-refractivity contribution in [2.75, 3.05) is 6.54 Å². The van der Waals surface area contributed by atoms with Crippen LogP contribution in [0, 0.1) is 8.99 Å². The molecular weight excluding hydrogens is 405 g/mol. The first kappa shape index (κ1) is 16.5. The summed E-state index contributed by atoms with van der Waals surface area (Å²) in [6.07, 6.45) is 1.60. The number of hydrogen-bond acceptors (Lipinski definition) is 2. The molecule has 0 bridgehead atoms. The molecule has 1 aliphatic rings. The fraction of sp³-hybridized carbons (Fsp3) is 0.467. The zero-order valence-corrected chi connectivity index (χ0v) is 14.8. The number of halogens is 2. The van der Waals surface area contributed by atoms with Crippen molar-refractivity contribution in [1.29, 1.82) is 0 Å². The van der Waals surface area contributed by atoms with Crippen LogP contribution in [0.2, 0.25) is 5.02 Å². The topological polar surface area (TPSA) is 57.6 Å². The second-order valence-corrected chi connectivity index (χ2v) is 7.53. The highest BCUT2D eigenvalue weighted by atomic mass is 127. The summed E-state index contributed by atoms with van der Waals surface area (Å²) in [5, 5.41) is 10.0. The number of carboxylic acid groups (broad SMARTS) is 1. The third-order valence-corrected chi connectivity index (χ3v) is 5.51. The number of hydrogen-bond donors (Lipinski definition) is 1. The largest absolute Gasteiger partial charge is 0.480 e. The number of aliphatic carboxylic acids is 1. The predicted octanol–water partition coefficient (Wildman–Crippen LogP) is 3.66. The molecule has 1 unspecified atom stereocenters. The van der Waals surface area contributed by atoms with Gasteiger partial charge in [-0.05, 0) is 59.0 Å². The van der Waals surface area contributed by atoms with Crippen LogP contribution < -0.4 is 0 Å². The third kappa shape index (κ3) is 3.34. The summed E-state index contributed by atoms with van der Waals surface area (Å²) in [4.78, 5) is 25.7. The first-order valence-electron chi connectivity index (χ1n) is 6.73. The Bertz CT molecular complexity index is 588. The number of amides is 1. The predicted molar refractivity (Wildman–Crippen MR) is 89.6 cm³/mol. The van der Waals surface area contributed by atoms with Gasteiger partial charge in [0.2, 0.25) is 0 Å². The molecular formula is C15H17ClINO3. The molecule has 114 valence electrons. The smallest absolute Gasteiger partial charge is 0.326 e. The summed E-state index contributed by atoms with van der Waals surface area (Å²) >= 11 is 8.15. The zero-order valence-electron chi connectivity index (χ0n) is 11.9. The maximum atomic E-state index is 12.7. The summed E-state index contributed by atoms with van der Waals surface area (Å²) in [5.41, 5.74) is -0.00316. The van der Waals surface area contributed by atoms with Crippen molar-refractivity contribution in [3.8, 4) is 0 Å². The summed E-state index contributed by atoms with van der Waals surface area (Å²) < 4.78 is 0.861. The van der Waals surface area contributed by atoms with Crippen molar-refractivity contribution in [2.24, 2.45) is 5.41 Å². The lowest BCUT2D eigenvalue weighted by Crippen LogP contribution is -2.56. The van der Waals surface area contributed by atoms with Crippen molar-refractivity contribution < 1.29 is 14.7 Å². The molecule has 1 heterocycles. The molecule has 1 saturated heterocycles. The summed E-state index contributed by atoms with van der Waals surface area (Å²) in [5.74, 6) is -1.22. The average Bonchev–Trinajstić information content (AvgIpc) is 2.39. The second-order valence-electron chi connectivity index (χ2n) is 5.96. The molecule has 1 N–H and O–H groups in total. The van der Waals surface area contributed by atoms with Gasteiger partial charge in [0.1, 0.15) is 6.04 Å².